The summed E-state index contributed by atoms with van der Waals surface area (Å²) in [6, 6.07) is 1.62. The Balaban J connectivity index is 3.33. The van der Waals surface area contributed by atoms with E-state index in [1.807, 2.05) is 13.8 Å². The fourth-order valence-corrected chi connectivity index (χ4v) is 2.74. The number of hydrogen-bond acceptors (Lipinski definition) is 3. The van der Waals surface area contributed by atoms with Gasteiger partial charge in [0.05, 0.1) is 10.2 Å². The number of rotatable bonds is 2. The van der Waals surface area contributed by atoms with E-state index in [9.17, 15) is 13.5 Å². The molecule has 1 aromatic rings. The number of aryl methyl sites for hydroxylation is 1. The van der Waals surface area contributed by atoms with Gasteiger partial charge >= 0.3 is 0 Å². The predicted molar refractivity (Wildman–Crippen MR) is 63.8 cm³/mol. The van der Waals surface area contributed by atoms with Gasteiger partial charge in [-0.25, -0.2) is 8.42 Å². The molecule has 84 valence electrons. The van der Waals surface area contributed by atoms with Crippen molar-refractivity contribution in [3.05, 3.63) is 27.2 Å². The summed E-state index contributed by atoms with van der Waals surface area (Å²) in [4.78, 5) is 0. The molecule has 0 aliphatic carbocycles. The topological polar surface area (TPSA) is 54.4 Å². The van der Waals surface area contributed by atoms with Gasteiger partial charge in [0.25, 0.3) is 0 Å². The first kappa shape index (κ1) is 12.8. The highest BCUT2D eigenvalue weighted by molar-refractivity contribution is 9.10. The first-order chi connectivity index (χ1) is 6.72. The summed E-state index contributed by atoms with van der Waals surface area (Å²) in [5.41, 5.74) is 2.08. The van der Waals surface area contributed by atoms with Crippen LogP contribution in [0.15, 0.2) is 10.5 Å². The molecule has 0 heterocycles. The molecule has 1 aromatic carbocycles. The third kappa shape index (κ3) is 3.09. The Bertz CT molecular complexity index is 497. The maximum Gasteiger partial charge on any atom is 0.236 e. The smallest absolute Gasteiger partial charge is 0.236 e. The van der Waals surface area contributed by atoms with Crippen LogP contribution in [0.5, 0.6) is 5.75 Å². The van der Waals surface area contributed by atoms with Crippen LogP contribution in [0.2, 0.25) is 0 Å². The minimum Gasteiger partial charge on any atom is -0.506 e. The van der Waals surface area contributed by atoms with E-state index in [4.69, 9.17) is 10.7 Å². The van der Waals surface area contributed by atoms with Crippen molar-refractivity contribution in [1.29, 1.82) is 0 Å². The Labute approximate surface area is 102 Å². The average Bonchev–Trinajstić information content (AvgIpc) is 2.08. The van der Waals surface area contributed by atoms with Crippen LogP contribution in [0, 0.1) is 13.8 Å². The zero-order chi connectivity index (χ0) is 11.8. The lowest BCUT2D eigenvalue weighted by molar-refractivity contribution is 0.465. The van der Waals surface area contributed by atoms with Crippen LogP contribution in [-0.2, 0) is 14.8 Å². The van der Waals surface area contributed by atoms with E-state index in [2.05, 4.69) is 15.9 Å². The highest BCUT2D eigenvalue weighted by atomic mass is 79.9. The van der Waals surface area contributed by atoms with E-state index in [0.717, 1.165) is 11.1 Å². The van der Waals surface area contributed by atoms with Crippen molar-refractivity contribution in [2.24, 2.45) is 0 Å². The van der Waals surface area contributed by atoms with Gasteiger partial charge in [-0.05, 0) is 40.9 Å². The quantitative estimate of drug-likeness (QED) is 0.854. The molecule has 0 aliphatic rings. The van der Waals surface area contributed by atoms with Crippen molar-refractivity contribution in [2.45, 2.75) is 19.6 Å². The molecule has 0 atom stereocenters. The number of halogens is 2. The molecule has 0 aliphatic heterocycles. The van der Waals surface area contributed by atoms with Gasteiger partial charge in [0, 0.05) is 16.2 Å². The molecule has 1 N–H and O–H groups in total. The maximum atomic E-state index is 10.9. The van der Waals surface area contributed by atoms with Crippen LogP contribution in [0.3, 0.4) is 0 Å². The highest BCUT2D eigenvalue weighted by Gasteiger charge is 2.15. The third-order valence-corrected chi connectivity index (χ3v) is 4.10. The lowest BCUT2D eigenvalue weighted by Crippen LogP contribution is -1.98. The van der Waals surface area contributed by atoms with Crippen LogP contribution in [-0.4, -0.2) is 13.5 Å². The van der Waals surface area contributed by atoms with Crippen molar-refractivity contribution in [1.82, 2.24) is 0 Å². The maximum absolute atomic E-state index is 10.9. The van der Waals surface area contributed by atoms with Crippen molar-refractivity contribution in [2.75, 3.05) is 0 Å². The largest absolute Gasteiger partial charge is 0.506 e. The molecule has 6 heteroatoms. The number of benzene rings is 1. The number of aromatic hydroxyl groups is 1. The lowest BCUT2D eigenvalue weighted by Gasteiger charge is -2.10. The Morgan fingerprint density at radius 2 is 2.00 bits per heavy atom. The van der Waals surface area contributed by atoms with Crippen LogP contribution in [0.1, 0.15) is 16.7 Å². The van der Waals surface area contributed by atoms with E-state index in [1.54, 1.807) is 6.07 Å². The molecule has 3 nitrogen and oxygen atoms in total. The third-order valence-electron chi connectivity index (χ3n) is 2.15. The first-order valence-electron chi connectivity index (χ1n) is 4.12. The Morgan fingerprint density at radius 1 is 1.47 bits per heavy atom. The van der Waals surface area contributed by atoms with Crippen molar-refractivity contribution < 1.29 is 13.5 Å². The predicted octanol–water partition coefficient (Wildman–Crippen LogP) is 2.84. The SMILES string of the molecule is Cc1cc(CS(=O)(=O)Cl)c(O)c(Br)c1C. The van der Waals surface area contributed by atoms with Crippen molar-refractivity contribution >= 4 is 35.7 Å². The number of phenols is 1. The minimum absolute atomic E-state index is 0.0673. The van der Waals surface area contributed by atoms with Gasteiger partial charge in [0.2, 0.25) is 9.05 Å². The zero-order valence-corrected chi connectivity index (χ0v) is 11.4. The van der Waals surface area contributed by atoms with Gasteiger partial charge < -0.3 is 5.11 Å². The molecule has 0 fully saturated rings. The number of hydrogen-bond donors (Lipinski definition) is 1. The summed E-state index contributed by atoms with van der Waals surface area (Å²) in [5, 5.41) is 9.70. The summed E-state index contributed by atoms with van der Waals surface area (Å²) in [5.74, 6) is -0.442. The van der Waals surface area contributed by atoms with Gasteiger partial charge in [-0.1, -0.05) is 6.07 Å². The van der Waals surface area contributed by atoms with Gasteiger partial charge in [-0.2, -0.15) is 0 Å². The average molecular weight is 314 g/mol. The summed E-state index contributed by atoms with van der Waals surface area (Å²) in [6.07, 6.45) is 0. The molecule has 0 spiro atoms. The Hall–Kier alpha value is -0.260. The van der Waals surface area contributed by atoms with E-state index in [0.29, 0.717) is 10.0 Å². The molecule has 0 saturated carbocycles. The van der Waals surface area contributed by atoms with Gasteiger partial charge in [-0.3, -0.25) is 0 Å². The van der Waals surface area contributed by atoms with Crippen LogP contribution >= 0.6 is 26.6 Å². The Kier molecular flexibility index (Phi) is 3.68. The second-order valence-corrected chi connectivity index (χ2v) is 6.89. The van der Waals surface area contributed by atoms with Gasteiger partial charge in [0.1, 0.15) is 5.75 Å². The van der Waals surface area contributed by atoms with E-state index >= 15 is 0 Å². The van der Waals surface area contributed by atoms with Crippen molar-refractivity contribution in [3.63, 3.8) is 0 Å². The summed E-state index contributed by atoms with van der Waals surface area (Å²) < 4.78 is 22.3. The van der Waals surface area contributed by atoms with Gasteiger partial charge in [-0.15, -0.1) is 0 Å². The van der Waals surface area contributed by atoms with Crippen LogP contribution < -0.4 is 0 Å². The summed E-state index contributed by atoms with van der Waals surface area (Å²) in [6.45, 7) is 3.67. The second kappa shape index (κ2) is 4.31. The lowest BCUT2D eigenvalue weighted by atomic mass is 10.1. The summed E-state index contributed by atoms with van der Waals surface area (Å²) >= 11 is 3.20. The molecule has 0 aromatic heterocycles. The fourth-order valence-electron chi connectivity index (χ4n) is 1.23. The highest BCUT2D eigenvalue weighted by Crippen LogP contribution is 2.34. The fraction of sp³-hybridized carbons (Fsp3) is 0.333. The summed E-state index contributed by atoms with van der Waals surface area (Å²) in [7, 11) is 1.48. The monoisotopic (exact) mass is 312 g/mol. The molecule has 0 amide bonds. The molecule has 15 heavy (non-hydrogen) atoms. The molecule has 0 saturated heterocycles. The zero-order valence-electron chi connectivity index (χ0n) is 8.21. The first-order valence-corrected chi connectivity index (χ1v) is 7.39. The molecule has 1 rings (SSSR count). The Morgan fingerprint density at radius 3 is 2.47 bits per heavy atom. The molecule has 0 bridgehead atoms. The molecule has 0 radical (unpaired) electrons. The van der Waals surface area contributed by atoms with E-state index < -0.39 is 9.05 Å². The van der Waals surface area contributed by atoms with Gasteiger partial charge in [0.15, 0.2) is 0 Å². The van der Waals surface area contributed by atoms with Crippen LogP contribution in [0.25, 0.3) is 0 Å². The normalized spacial score (nSPS) is 11.7. The standard InChI is InChI=1S/C9H10BrClO3S/c1-5-3-7(4-15(11,13)14)9(12)8(10)6(5)2/h3,12H,4H2,1-2H3. The van der Waals surface area contributed by atoms with E-state index in [-0.39, 0.29) is 11.5 Å². The minimum atomic E-state index is -3.65. The molecular weight excluding hydrogens is 304 g/mol. The second-order valence-electron chi connectivity index (χ2n) is 3.32. The number of phenolic OH excluding ortho intramolecular Hbond substituents is 1. The molecular formula is C9H10BrClO3S. The van der Waals surface area contributed by atoms with Crippen molar-refractivity contribution in [3.8, 4) is 5.75 Å². The van der Waals surface area contributed by atoms with Crippen LogP contribution in [0.4, 0.5) is 0 Å². The molecule has 0 unspecified atom stereocenters. The van der Waals surface area contributed by atoms with E-state index in [1.165, 1.54) is 0 Å².